The molecule has 2 atom stereocenters. The molecule has 0 aromatic rings. The van der Waals surface area contributed by atoms with Crippen LogP contribution in [0.5, 0.6) is 0 Å². The van der Waals surface area contributed by atoms with E-state index in [0.29, 0.717) is 12.3 Å². The summed E-state index contributed by atoms with van der Waals surface area (Å²) in [7, 11) is -1.84. The molecule has 0 aromatic carbocycles. The molecule has 3 heteroatoms. The zero-order chi connectivity index (χ0) is 17.8. The van der Waals surface area contributed by atoms with E-state index in [1.54, 1.807) is 0 Å². The highest BCUT2D eigenvalue weighted by molar-refractivity contribution is 6.74. The van der Waals surface area contributed by atoms with Gasteiger partial charge in [-0.15, -0.1) is 0 Å². The second-order valence-electron chi connectivity index (χ2n) is 9.37. The van der Waals surface area contributed by atoms with Crippen molar-refractivity contribution >= 4 is 8.32 Å². The number of hydrogen-bond donors (Lipinski definition) is 1. The summed E-state index contributed by atoms with van der Waals surface area (Å²) in [5.74, 6) is 0.858. The van der Waals surface area contributed by atoms with Crippen molar-refractivity contribution in [1.29, 1.82) is 0 Å². The molecule has 23 heavy (non-hydrogen) atoms. The maximum absolute atomic E-state index is 10.3. The molecule has 1 rings (SSSR count). The predicted octanol–water partition coefficient (Wildman–Crippen LogP) is 5.92. The molecule has 0 saturated heterocycles. The Morgan fingerprint density at radius 3 is 2.13 bits per heavy atom. The molecule has 0 unspecified atom stereocenters. The molecule has 0 heterocycles. The standard InChI is InChI=1S/C20H40O2Si/c1-15(2)18(21)14-16(3)19(17-12-10-9-11-13-17)22-23(7,8)20(4,5)6/h15,17-19,21H,3,9-14H2,1-2,4-8H3/t18-,19-/m0/s1. The molecule has 0 amide bonds. The molecular formula is C20H40O2Si. The first-order valence-electron chi connectivity index (χ1n) is 9.49. The van der Waals surface area contributed by atoms with Gasteiger partial charge in [0.1, 0.15) is 0 Å². The predicted molar refractivity (Wildman–Crippen MR) is 103 cm³/mol. The first-order chi connectivity index (χ1) is 10.5. The van der Waals surface area contributed by atoms with Crippen LogP contribution in [0.15, 0.2) is 12.2 Å². The van der Waals surface area contributed by atoms with Crippen molar-refractivity contribution in [3.8, 4) is 0 Å². The van der Waals surface area contributed by atoms with Gasteiger partial charge < -0.3 is 9.53 Å². The van der Waals surface area contributed by atoms with Crippen molar-refractivity contribution in [2.45, 2.75) is 103 Å². The Bertz CT molecular complexity index is 376. The summed E-state index contributed by atoms with van der Waals surface area (Å²) in [6, 6.07) is 0. The number of rotatable bonds is 7. The van der Waals surface area contributed by atoms with Crippen LogP contribution >= 0.6 is 0 Å². The third-order valence-corrected chi connectivity index (χ3v) is 10.4. The van der Waals surface area contributed by atoms with E-state index < -0.39 is 8.32 Å². The lowest BCUT2D eigenvalue weighted by molar-refractivity contribution is 0.0910. The summed E-state index contributed by atoms with van der Waals surface area (Å²) in [5.41, 5.74) is 1.11. The summed E-state index contributed by atoms with van der Waals surface area (Å²) in [6.45, 7) is 20.0. The summed E-state index contributed by atoms with van der Waals surface area (Å²) in [6.07, 6.45) is 6.95. The van der Waals surface area contributed by atoms with Crippen LogP contribution in [-0.4, -0.2) is 25.6 Å². The summed E-state index contributed by atoms with van der Waals surface area (Å²) < 4.78 is 6.81. The zero-order valence-corrected chi connectivity index (χ0v) is 17.6. The molecule has 136 valence electrons. The Morgan fingerprint density at radius 2 is 1.70 bits per heavy atom. The Morgan fingerprint density at radius 1 is 1.17 bits per heavy atom. The van der Waals surface area contributed by atoms with Crippen LogP contribution in [0.4, 0.5) is 0 Å². The van der Waals surface area contributed by atoms with Crippen molar-refractivity contribution in [2.24, 2.45) is 11.8 Å². The van der Waals surface area contributed by atoms with Gasteiger partial charge in [0.05, 0.1) is 12.2 Å². The topological polar surface area (TPSA) is 29.5 Å². The van der Waals surface area contributed by atoms with Crippen molar-refractivity contribution in [1.82, 2.24) is 0 Å². The molecular weight excluding hydrogens is 300 g/mol. The van der Waals surface area contributed by atoms with Crippen LogP contribution in [0, 0.1) is 11.8 Å². The van der Waals surface area contributed by atoms with E-state index in [4.69, 9.17) is 4.43 Å². The first kappa shape index (κ1) is 20.9. The number of aliphatic hydroxyl groups excluding tert-OH is 1. The number of aliphatic hydroxyl groups is 1. The Hall–Kier alpha value is -0.123. The van der Waals surface area contributed by atoms with Crippen molar-refractivity contribution < 1.29 is 9.53 Å². The Balaban J connectivity index is 2.90. The molecule has 0 aliphatic heterocycles. The highest BCUT2D eigenvalue weighted by Crippen LogP contribution is 2.41. The summed E-state index contributed by atoms with van der Waals surface area (Å²) in [5, 5.41) is 10.5. The van der Waals surface area contributed by atoms with E-state index in [9.17, 15) is 5.11 Å². The third-order valence-electron chi connectivity index (χ3n) is 5.95. The lowest BCUT2D eigenvalue weighted by Gasteiger charge is -2.43. The minimum atomic E-state index is -1.84. The average Bonchev–Trinajstić information content (AvgIpc) is 2.44. The fraction of sp³-hybridized carbons (Fsp3) is 0.900. The molecule has 1 aliphatic carbocycles. The van der Waals surface area contributed by atoms with E-state index in [1.165, 1.54) is 32.1 Å². The van der Waals surface area contributed by atoms with Gasteiger partial charge in [0, 0.05) is 0 Å². The second-order valence-corrected chi connectivity index (χ2v) is 14.1. The summed E-state index contributed by atoms with van der Waals surface area (Å²) in [4.78, 5) is 0. The Kier molecular flexibility index (Phi) is 7.56. The van der Waals surface area contributed by atoms with E-state index in [0.717, 1.165) is 5.57 Å². The molecule has 1 fully saturated rings. The highest BCUT2D eigenvalue weighted by atomic mass is 28.4. The van der Waals surface area contributed by atoms with E-state index in [-0.39, 0.29) is 23.2 Å². The van der Waals surface area contributed by atoms with E-state index in [2.05, 4.69) is 54.3 Å². The van der Waals surface area contributed by atoms with Crippen LogP contribution in [-0.2, 0) is 4.43 Å². The van der Waals surface area contributed by atoms with Gasteiger partial charge in [0.2, 0.25) is 0 Å². The van der Waals surface area contributed by atoms with Crippen molar-refractivity contribution in [3.05, 3.63) is 12.2 Å². The van der Waals surface area contributed by atoms with Gasteiger partial charge in [-0.05, 0) is 54.8 Å². The minimum absolute atomic E-state index is 0.129. The van der Waals surface area contributed by atoms with Gasteiger partial charge in [0.15, 0.2) is 8.32 Å². The van der Waals surface area contributed by atoms with Gasteiger partial charge >= 0.3 is 0 Å². The molecule has 1 saturated carbocycles. The Labute approximate surface area is 145 Å². The average molecular weight is 341 g/mol. The van der Waals surface area contributed by atoms with Crippen LogP contribution in [0.25, 0.3) is 0 Å². The fourth-order valence-electron chi connectivity index (χ4n) is 3.06. The van der Waals surface area contributed by atoms with Gasteiger partial charge in [-0.3, -0.25) is 0 Å². The lowest BCUT2D eigenvalue weighted by atomic mass is 9.81. The van der Waals surface area contributed by atoms with Crippen LogP contribution in [0.2, 0.25) is 18.1 Å². The van der Waals surface area contributed by atoms with Crippen molar-refractivity contribution in [2.75, 3.05) is 0 Å². The summed E-state index contributed by atoms with van der Waals surface area (Å²) >= 11 is 0. The maximum atomic E-state index is 10.3. The molecule has 0 spiro atoms. The van der Waals surface area contributed by atoms with Crippen LogP contribution < -0.4 is 0 Å². The molecule has 0 bridgehead atoms. The van der Waals surface area contributed by atoms with Crippen molar-refractivity contribution in [3.63, 3.8) is 0 Å². The molecule has 1 N–H and O–H groups in total. The highest BCUT2D eigenvalue weighted by Gasteiger charge is 2.41. The van der Waals surface area contributed by atoms with E-state index in [1.807, 2.05) is 0 Å². The van der Waals surface area contributed by atoms with Crippen LogP contribution in [0.3, 0.4) is 0 Å². The maximum Gasteiger partial charge on any atom is 0.192 e. The monoisotopic (exact) mass is 340 g/mol. The van der Waals surface area contributed by atoms with Gasteiger partial charge in [-0.2, -0.15) is 0 Å². The third kappa shape index (κ3) is 6.02. The molecule has 0 radical (unpaired) electrons. The van der Waals surface area contributed by atoms with Gasteiger partial charge in [0.25, 0.3) is 0 Å². The minimum Gasteiger partial charge on any atom is -0.410 e. The SMILES string of the molecule is C=C(C[C@H](O)C(C)C)[C@H](O[Si](C)(C)C(C)(C)C)C1CCCCC1. The number of hydrogen-bond acceptors (Lipinski definition) is 2. The zero-order valence-electron chi connectivity index (χ0n) is 16.6. The largest absolute Gasteiger partial charge is 0.410 e. The molecule has 2 nitrogen and oxygen atoms in total. The normalized spacial score (nSPS) is 20.6. The smallest absolute Gasteiger partial charge is 0.192 e. The second kappa shape index (κ2) is 8.31. The fourth-order valence-corrected chi connectivity index (χ4v) is 4.41. The van der Waals surface area contributed by atoms with Crippen LogP contribution in [0.1, 0.15) is 73.1 Å². The molecule has 0 aromatic heterocycles. The molecule has 1 aliphatic rings. The van der Waals surface area contributed by atoms with Gasteiger partial charge in [-0.1, -0.05) is 60.5 Å². The lowest BCUT2D eigenvalue weighted by Crippen LogP contribution is -2.47. The quantitative estimate of drug-likeness (QED) is 0.460. The van der Waals surface area contributed by atoms with E-state index >= 15 is 0 Å². The first-order valence-corrected chi connectivity index (χ1v) is 12.4. The van der Waals surface area contributed by atoms with Gasteiger partial charge in [-0.25, -0.2) is 0 Å².